The quantitative estimate of drug-likeness (QED) is 0.630. The molecule has 0 unspecified atom stereocenters. The molecule has 1 aromatic rings. The van der Waals surface area contributed by atoms with Crippen LogP contribution < -0.4 is 5.32 Å². The van der Waals surface area contributed by atoms with Crippen LogP contribution in [0.4, 0.5) is 17.6 Å². The molecule has 18 heavy (non-hydrogen) atoms. The van der Waals surface area contributed by atoms with Gasteiger partial charge in [-0.3, -0.25) is 0 Å². The molecule has 1 N–H and O–H groups in total. The topological polar surface area (TPSA) is 21.3 Å². The average molecular weight is 265 g/mol. The second-order valence-electron chi connectivity index (χ2n) is 3.80. The summed E-state index contributed by atoms with van der Waals surface area (Å²) in [6.07, 6.45) is -4.17. The molecule has 0 spiro atoms. The number of methoxy groups -OCH3 is 1. The van der Waals surface area contributed by atoms with Crippen molar-refractivity contribution in [3.05, 3.63) is 35.1 Å². The van der Waals surface area contributed by atoms with Crippen molar-refractivity contribution in [2.75, 3.05) is 26.8 Å². The first-order valence-electron chi connectivity index (χ1n) is 5.50. The largest absolute Gasteiger partial charge is 0.419 e. The SMILES string of the molecule is COCCNCCc1ccc(C(F)(F)F)c(F)c1. The van der Waals surface area contributed by atoms with E-state index in [9.17, 15) is 17.6 Å². The third-order valence-corrected chi connectivity index (χ3v) is 2.41. The molecule has 0 bridgehead atoms. The highest BCUT2D eigenvalue weighted by Crippen LogP contribution is 2.31. The molecule has 0 saturated carbocycles. The van der Waals surface area contributed by atoms with Crippen molar-refractivity contribution in [1.82, 2.24) is 5.32 Å². The Balaban J connectivity index is 2.52. The van der Waals surface area contributed by atoms with Gasteiger partial charge in [-0.2, -0.15) is 13.2 Å². The highest BCUT2D eigenvalue weighted by Gasteiger charge is 2.33. The first-order valence-corrected chi connectivity index (χ1v) is 5.50. The van der Waals surface area contributed by atoms with Gasteiger partial charge in [0.1, 0.15) is 5.82 Å². The zero-order valence-corrected chi connectivity index (χ0v) is 9.98. The van der Waals surface area contributed by atoms with Crippen LogP contribution in [-0.4, -0.2) is 26.8 Å². The average Bonchev–Trinajstić information content (AvgIpc) is 2.27. The van der Waals surface area contributed by atoms with Crippen molar-refractivity contribution in [3.8, 4) is 0 Å². The fraction of sp³-hybridized carbons (Fsp3) is 0.500. The van der Waals surface area contributed by atoms with Crippen molar-refractivity contribution >= 4 is 0 Å². The van der Waals surface area contributed by atoms with E-state index in [1.807, 2.05) is 0 Å². The molecule has 0 aliphatic carbocycles. The lowest BCUT2D eigenvalue weighted by Gasteiger charge is -2.09. The molecular weight excluding hydrogens is 250 g/mol. The van der Waals surface area contributed by atoms with Crippen molar-refractivity contribution in [1.29, 1.82) is 0 Å². The monoisotopic (exact) mass is 265 g/mol. The zero-order chi connectivity index (χ0) is 13.6. The van der Waals surface area contributed by atoms with Gasteiger partial charge in [0.2, 0.25) is 0 Å². The molecule has 0 atom stereocenters. The number of halogens is 4. The van der Waals surface area contributed by atoms with Crippen LogP contribution in [0.5, 0.6) is 0 Å². The number of alkyl halides is 3. The Bertz CT molecular complexity index is 379. The van der Waals surface area contributed by atoms with E-state index < -0.39 is 17.6 Å². The van der Waals surface area contributed by atoms with Crippen LogP contribution in [0.2, 0.25) is 0 Å². The van der Waals surface area contributed by atoms with Crippen LogP contribution in [-0.2, 0) is 17.3 Å². The van der Waals surface area contributed by atoms with Gasteiger partial charge in [-0.25, -0.2) is 4.39 Å². The second kappa shape index (κ2) is 6.70. The summed E-state index contributed by atoms with van der Waals surface area (Å²) in [5.41, 5.74) is -0.691. The molecule has 0 saturated heterocycles. The Hall–Kier alpha value is -1.14. The summed E-state index contributed by atoms with van der Waals surface area (Å²) >= 11 is 0. The van der Waals surface area contributed by atoms with Gasteiger partial charge in [0.05, 0.1) is 12.2 Å². The number of hydrogen-bond acceptors (Lipinski definition) is 2. The summed E-state index contributed by atoms with van der Waals surface area (Å²) in [7, 11) is 1.58. The van der Waals surface area contributed by atoms with E-state index in [-0.39, 0.29) is 0 Å². The minimum atomic E-state index is -4.64. The maximum atomic E-state index is 13.2. The molecule has 0 heterocycles. The van der Waals surface area contributed by atoms with Gasteiger partial charge in [-0.1, -0.05) is 6.07 Å². The maximum absolute atomic E-state index is 13.2. The molecular formula is C12H15F4NO. The number of ether oxygens (including phenoxy) is 1. The predicted molar refractivity (Wildman–Crippen MR) is 59.9 cm³/mol. The smallest absolute Gasteiger partial charge is 0.383 e. The summed E-state index contributed by atoms with van der Waals surface area (Å²) in [6, 6.07) is 3.00. The molecule has 0 radical (unpaired) electrons. The Kier molecular flexibility index (Phi) is 5.55. The summed E-state index contributed by atoms with van der Waals surface area (Å²) in [4.78, 5) is 0. The van der Waals surface area contributed by atoms with Gasteiger partial charge in [0.25, 0.3) is 0 Å². The molecule has 0 aromatic heterocycles. The van der Waals surface area contributed by atoms with Crippen LogP contribution in [0.15, 0.2) is 18.2 Å². The number of hydrogen-bond donors (Lipinski definition) is 1. The number of benzene rings is 1. The first-order chi connectivity index (χ1) is 8.45. The van der Waals surface area contributed by atoms with E-state index in [0.29, 0.717) is 31.7 Å². The lowest BCUT2D eigenvalue weighted by molar-refractivity contribution is -0.140. The molecule has 1 rings (SSSR count). The fourth-order valence-corrected chi connectivity index (χ4v) is 1.48. The normalized spacial score (nSPS) is 11.8. The van der Waals surface area contributed by atoms with E-state index in [1.54, 1.807) is 7.11 Å². The Morgan fingerprint density at radius 2 is 1.94 bits per heavy atom. The summed E-state index contributed by atoms with van der Waals surface area (Å²) in [5.74, 6) is -1.23. The van der Waals surface area contributed by atoms with E-state index in [4.69, 9.17) is 4.74 Å². The molecule has 0 aliphatic heterocycles. The van der Waals surface area contributed by atoms with Crippen LogP contribution in [0.25, 0.3) is 0 Å². The van der Waals surface area contributed by atoms with E-state index >= 15 is 0 Å². The third-order valence-electron chi connectivity index (χ3n) is 2.41. The van der Waals surface area contributed by atoms with Crippen molar-refractivity contribution < 1.29 is 22.3 Å². The minimum Gasteiger partial charge on any atom is -0.383 e. The van der Waals surface area contributed by atoms with Crippen molar-refractivity contribution in [3.63, 3.8) is 0 Å². The van der Waals surface area contributed by atoms with Crippen LogP contribution in [0.3, 0.4) is 0 Å². The van der Waals surface area contributed by atoms with Gasteiger partial charge in [0, 0.05) is 13.7 Å². The standard InChI is InChI=1S/C12H15F4NO/c1-18-7-6-17-5-4-9-2-3-10(11(13)8-9)12(14,15)16/h2-3,8,17H,4-7H2,1H3. The van der Waals surface area contributed by atoms with E-state index in [1.165, 1.54) is 6.07 Å². The van der Waals surface area contributed by atoms with E-state index in [0.717, 1.165) is 12.1 Å². The van der Waals surface area contributed by atoms with Crippen LogP contribution in [0.1, 0.15) is 11.1 Å². The number of nitrogens with one attached hydrogen (secondary N) is 1. The van der Waals surface area contributed by atoms with E-state index in [2.05, 4.69) is 5.32 Å². The van der Waals surface area contributed by atoms with Crippen LogP contribution in [0, 0.1) is 5.82 Å². The minimum absolute atomic E-state index is 0.471. The van der Waals surface area contributed by atoms with Gasteiger partial charge < -0.3 is 10.1 Å². The third kappa shape index (κ3) is 4.62. The second-order valence-corrected chi connectivity index (χ2v) is 3.80. The first kappa shape index (κ1) is 14.9. The molecule has 0 fully saturated rings. The maximum Gasteiger partial charge on any atom is 0.419 e. The van der Waals surface area contributed by atoms with Gasteiger partial charge in [-0.05, 0) is 30.7 Å². The molecule has 0 aliphatic rings. The van der Waals surface area contributed by atoms with Crippen molar-refractivity contribution in [2.45, 2.75) is 12.6 Å². The fourth-order valence-electron chi connectivity index (χ4n) is 1.48. The summed E-state index contributed by atoms with van der Waals surface area (Å²) < 4.78 is 55.0. The Morgan fingerprint density at radius 1 is 1.22 bits per heavy atom. The zero-order valence-electron chi connectivity index (χ0n) is 9.98. The summed E-state index contributed by atoms with van der Waals surface area (Å²) in [5, 5.41) is 3.03. The predicted octanol–water partition coefficient (Wildman–Crippen LogP) is 2.62. The molecule has 102 valence electrons. The van der Waals surface area contributed by atoms with Crippen LogP contribution >= 0.6 is 0 Å². The highest BCUT2D eigenvalue weighted by molar-refractivity contribution is 5.26. The Labute approximate surface area is 103 Å². The lowest BCUT2D eigenvalue weighted by atomic mass is 10.1. The molecule has 6 heteroatoms. The lowest BCUT2D eigenvalue weighted by Crippen LogP contribution is -2.21. The Morgan fingerprint density at radius 3 is 2.50 bits per heavy atom. The van der Waals surface area contributed by atoms with Gasteiger partial charge in [-0.15, -0.1) is 0 Å². The highest BCUT2D eigenvalue weighted by atomic mass is 19.4. The molecule has 1 aromatic carbocycles. The summed E-state index contributed by atoms with van der Waals surface area (Å²) in [6.45, 7) is 1.77. The molecule has 0 amide bonds. The molecule has 2 nitrogen and oxygen atoms in total. The number of rotatable bonds is 6. The van der Waals surface area contributed by atoms with Gasteiger partial charge in [0.15, 0.2) is 0 Å². The van der Waals surface area contributed by atoms with Gasteiger partial charge >= 0.3 is 6.18 Å². The van der Waals surface area contributed by atoms with Crippen molar-refractivity contribution in [2.24, 2.45) is 0 Å².